The number of carboxylic acids is 1. The van der Waals surface area contributed by atoms with E-state index in [4.69, 9.17) is 0 Å². The third kappa shape index (κ3) is 2.29. The van der Waals surface area contributed by atoms with Crippen LogP contribution in [0, 0.1) is 50.7 Å². The van der Waals surface area contributed by atoms with Crippen LogP contribution in [0.25, 0.3) is 0 Å². The summed E-state index contributed by atoms with van der Waals surface area (Å²) in [4.78, 5) is 12.4. The molecule has 5 saturated carbocycles. The van der Waals surface area contributed by atoms with Crippen LogP contribution in [0.4, 0.5) is 0 Å². The lowest BCUT2D eigenvalue weighted by Crippen LogP contribution is -2.66. The maximum absolute atomic E-state index is 12.4. The van der Waals surface area contributed by atoms with Gasteiger partial charge in [-0.1, -0.05) is 41.0 Å². The molecule has 30 heavy (non-hydrogen) atoms. The molecule has 0 aliphatic heterocycles. The molecule has 0 aromatic heterocycles. The first-order valence-electron chi connectivity index (χ1n) is 12.8. The van der Waals surface area contributed by atoms with Crippen LogP contribution in [0.3, 0.4) is 0 Å². The van der Waals surface area contributed by atoms with Crippen molar-refractivity contribution in [3.63, 3.8) is 0 Å². The first kappa shape index (κ1) is 21.3. The maximum Gasteiger partial charge on any atom is 0.309 e. The van der Waals surface area contributed by atoms with Crippen LogP contribution in [-0.2, 0) is 4.79 Å². The zero-order chi connectivity index (χ0) is 21.7. The minimum absolute atomic E-state index is 0.00254. The number of aliphatic hydroxyl groups is 1. The quantitative estimate of drug-likeness (QED) is 0.528. The third-order valence-electron chi connectivity index (χ3n) is 12.8. The van der Waals surface area contributed by atoms with Crippen molar-refractivity contribution >= 4 is 5.97 Å². The highest BCUT2D eigenvalue weighted by Crippen LogP contribution is 2.76. The third-order valence-corrected chi connectivity index (χ3v) is 12.8. The number of rotatable bonds is 1. The first-order chi connectivity index (χ1) is 13.9. The zero-order valence-electron chi connectivity index (χ0n) is 20.0. The predicted molar refractivity (Wildman–Crippen MR) is 119 cm³/mol. The van der Waals surface area contributed by atoms with E-state index in [1.165, 1.54) is 25.7 Å². The predicted octanol–water partition coefficient (Wildman–Crippen LogP) is 6.29. The molecule has 0 amide bonds. The Balaban J connectivity index is 1.53. The van der Waals surface area contributed by atoms with Gasteiger partial charge >= 0.3 is 5.97 Å². The van der Waals surface area contributed by atoms with Crippen molar-refractivity contribution in [3.05, 3.63) is 0 Å². The Bertz CT molecular complexity index is 744. The summed E-state index contributed by atoms with van der Waals surface area (Å²) in [7, 11) is 0. The highest BCUT2D eigenvalue weighted by molar-refractivity contribution is 5.76. The lowest BCUT2D eigenvalue weighted by atomic mass is 9.32. The Labute approximate surface area is 183 Å². The van der Waals surface area contributed by atoms with Gasteiger partial charge in [-0.25, -0.2) is 0 Å². The largest absolute Gasteiger partial charge is 0.481 e. The molecule has 0 saturated heterocycles. The molecular formula is C27H44O3. The van der Waals surface area contributed by atoms with Crippen LogP contribution in [0.15, 0.2) is 0 Å². The molecule has 5 aliphatic rings. The molecule has 5 fully saturated rings. The second-order valence-electron chi connectivity index (χ2n) is 13.5. The van der Waals surface area contributed by atoms with Gasteiger partial charge in [-0.3, -0.25) is 4.79 Å². The molecule has 0 aromatic rings. The Morgan fingerprint density at radius 2 is 1.47 bits per heavy atom. The number of carbonyl (C=O) groups is 1. The maximum atomic E-state index is 12.4. The molecule has 5 aliphatic carbocycles. The number of carboxylic acid groups (broad SMARTS) is 1. The van der Waals surface area contributed by atoms with E-state index in [0.717, 1.165) is 44.9 Å². The number of fused-ring (bicyclic) bond motifs is 7. The smallest absolute Gasteiger partial charge is 0.309 e. The zero-order valence-corrected chi connectivity index (χ0v) is 20.0. The van der Waals surface area contributed by atoms with Gasteiger partial charge in [0.2, 0.25) is 0 Å². The van der Waals surface area contributed by atoms with Crippen molar-refractivity contribution < 1.29 is 15.0 Å². The van der Waals surface area contributed by atoms with Crippen molar-refractivity contribution in [1.29, 1.82) is 0 Å². The molecule has 3 heteroatoms. The van der Waals surface area contributed by atoms with Crippen LogP contribution >= 0.6 is 0 Å². The van der Waals surface area contributed by atoms with Crippen molar-refractivity contribution in [3.8, 4) is 0 Å². The molecule has 0 bridgehead atoms. The fraction of sp³-hybridized carbons (Fsp3) is 0.963. The topological polar surface area (TPSA) is 57.5 Å². The standard InChI is InChI=1S/C27H44O3/c1-23(2)19-10-14-26(5)20(24(19,3)13-11-21(23)28)9-8-17-18-7-6-12-27(18,22(29)30)16-15-25(17,26)4/h17-21,28H,6-16H2,1-5H3,(H,29,30)/t17-,18-,19?,20?,21+,24+,25-,26-,27+/m1/s1. The summed E-state index contributed by atoms with van der Waals surface area (Å²) in [5, 5.41) is 21.0. The lowest BCUT2D eigenvalue weighted by Gasteiger charge is -2.72. The van der Waals surface area contributed by atoms with Gasteiger partial charge in [0, 0.05) is 0 Å². The van der Waals surface area contributed by atoms with Crippen LogP contribution in [0.1, 0.15) is 105 Å². The van der Waals surface area contributed by atoms with Gasteiger partial charge in [-0.15, -0.1) is 0 Å². The molecule has 5 rings (SSSR count). The minimum Gasteiger partial charge on any atom is -0.481 e. The number of hydrogen-bond donors (Lipinski definition) is 2. The highest BCUT2D eigenvalue weighted by Gasteiger charge is 2.70. The molecule has 2 N–H and O–H groups in total. The van der Waals surface area contributed by atoms with E-state index in [9.17, 15) is 15.0 Å². The molecule has 0 heterocycles. The molecule has 0 radical (unpaired) electrons. The molecule has 0 aromatic carbocycles. The molecular weight excluding hydrogens is 372 g/mol. The molecule has 0 spiro atoms. The van der Waals surface area contributed by atoms with Crippen molar-refractivity contribution in [2.75, 3.05) is 0 Å². The van der Waals surface area contributed by atoms with E-state index in [-0.39, 0.29) is 16.9 Å². The van der Waals surface area contributed by atoms with E-state index in [0.29, 0.717) is 34.5 Å². The lowest BCUT2D eigenvalue weighted by molar-refractivity contribution is -0.246. The summed E-state index contributed by atoms with van der Waals surface area (Å²) in [5.74, 6) is 1.77. The summed E-state index contributed by atoms with van der Waals surface area (Å²) < 4.78 is 0. The van der Waals surface area contributed by atoms with Crippen molar-refractivity contribution in [2.24, 2.45) is 50.7 Å². The van der Waals surface area contributed by atoms with Crippen LogP contribution < -0.4 is 0 Å². The Kier molecular flexibility index (Phi) is 4.45. The fourth-order valence-corrected chi connectivity index (χ4v) is 10.9. The molecule has 170 valence electrons. The van der Waals surface area contributed by atoms with E-state index in [1.54, 1.807) is 0 Å². The second kappa shape index (κ2) is 6.27. The van der Waals surface area contributed by atoms with Crippen molar-refractivity contribution in [2.45, 2.75) is 111 Å². The van der Waals surface area contributed by atoms with Gasteiger partial charge in [0.25, 0.3) is 0 Å². The summed E-state index contributed by atoms with van der Waals surface area (Å²) in [6.45, 7) is 12.4. The summed E-state index contributed by atoms with van der Waals surface area (Å²) in [6, 6.07) is 0. The van der Waals surface area contributed by atoms with E-state index in [1.807, 2.05) is 0 Å². The summed E-state index contributed by atoms with van der Waals surface area (Å²) >= 11 is 0. The van der Waals surface area contributed by atoms with Gasteiger partial charge in [0.05, 0.1) is 11.5 Å². The number of aliphatic carboxylic acids is 1. The fourth-order valence-electron chi connectivity index (χ4n) is 10.9. The van der Waals surface area contributed by atoms with Crippen LogP contribution in [0.2, 0.25) is 0 Å². The van der Waals surface area contributed by atoms with Gasteiger partial charge in [-0.2, -0.15) is 0 Å². The highest BCUT2D eigenvalue weighted by atomic mass is 16.4. The van der Waals surface area contributed by atoms with Gasteiger partial charge < -0.3 is 10.2 Å². The van der Waals surface area contributed by atoms with E-state index in [2.05, 4.69) is 34.6 Å². The second-order valence-corrected chi connectivity index (χ2v) is 13.5. The molecule has 2 unspecified atom stereocenters. The summed E-state index contributed by atoms with van der Waals surface area (Å²) in [6.07, 6.45) is 12.0. The van der Waals surface area contributed by atoms with Gasteiger partial charge in [-0.05, 0) is 110 Å². The van der Waals surface area contributed by atoms with E-state index >= 15 is 0 Å². The minimum atomic E-state index is -0.502. The van der Waals surface area contributed by atoms with Crippen LogP contribution in [-0.4, -0.2) is 22.3 Å². The SMILES string of the molecule is CC1(C)C2CC[C@]3(C)C(CC[C@@H]4[C@H]5CCC[C@]5(C(=O)O)CC[C@]43C)[C@@]2(C)CC[C@@H]1O. The van der Waals surface area contributed by atoms with Crippen molar-refractivity contribution in [1.82, 2.24) is 0 Å². The molecule has 3 nitrogen and oxygen atoms in total. The van der Waals surface area contributed by atoms with E-state index < -0.39 is 11.4 Å². The average Bonchev–Trinajstić information content (AvgIpc) is 3.11. The number of aliphatic hydroxyl groups excluding tert-OH is 1. The van der Waals surface area contributed by atoms with Crippen LogP contribution in [0.5, 0.6) is 0 Å². The Morgan fingerprint density at radius 3 is 2.17 bits per heavy atom. The van der Waals surface area contributed by atoms with Gasteiger partial charge in [0.15, 0.2) is 0 Å². The Morgan fingerprint density at radius 1 is 0.733 bits per heavy atom. The normalized spacial score (nSPS) is 56.9. The van der Waals surface area contributed by atoms with Gasteiger partial charge in [0.1, 0.15) is 0 Å². The summed E-state index contributed by atoms with van der Waals surface area (Å²) in [5.41, 5.74) is 0.444. The Hall–Kier alpha value is -0.570. The number of hydrogen-bond acceptors (Lipinski definition) is 2. The first-order valence-corrected chi connectivity index (χ1v) is 12.8. The average molecular weight is 417 g/mol. The monoisotopic (exact) mass is 416 g/mol. The molecule has 9 atom stereocenters.